The van der Waals surface area contributed by atoms with Gasteiger partial charge < -0.3 is 25.7 Å². The maximum atomic E-state index is 13.1. The standard InChI is InChI=1S/C22H23N3O5/c1-25(19-15-3-2-4-18(26)16(15)11-17(19)21(28)29)20(27)12-5-7-13(8-6-12)23-22(30)24-14-9-10-14/h2-8,14,17,19,26H,9-11H2,1H3,(H,28,29)(H2,23,24,30). The Morgan fingerprint density at radius 2 is 1.77 bits per heavy atom. The van der Waals surface area contributed by atoms with E-state index in [-0.39, 0.29) is 30.2 Å². The molecule has 2 unspecified atom stereocenters. The van der Waals surface area contributed by atoms with Gasteiger partial charge >= 0.3 is 12.0 Å². The second kappa shape index (κ2) is 7.70. The molecule has 0 aromatic heterocycles. The van der Waals surface area contributed by atoms with Gasteiger partial charge in [0.25, 0.3) is 5.91 Å². The molecule has 2 aliphatic carbocycles. The van der Waals surface area contributed by atoms with Crippen LogP contribution in [-0.2, 0) is 11.2 Å². The first-order valence-electron chi connectivity index (χ1n) is 9.83. The molecular weight excluding hydrogens is 386 g/mol. The fourth-order valence-corrected chi connectivity index (χ4v) is 3.95. The molecule has 1 saturated carbocycles. The molecule has 8 heteroatoms. The number of rotatable bonds is 5. The normalized spacial score (nSPS) is 19.6. The molecule has 0 bridgehead atoms. The van der Waals surface area contributed by atoms with Crippen molar-refractivity contribution >= 4 is 23.6 Å². The van der Waals surface area contributed by atoms with Gasteiger partial charge in [-0.2, -0.15) is 0 Å². The van der Waals surface area contributed by atoms with Gasteiger partial charge in [-0.15, -0.1) is 0 Å². The van der Waals surface area contributed by atoms with Crippen LogP contribution in [0.2, 0.25) is 0 Å². The number of fused-ring (bicyclic) bond motifs is 1. The quantitative estimate of drug-likeness (QED) is 0.605. The molecule has 4 N–H and O–H groups in total. The number of benzene rings is 2. The SMILES string of the molecule is CN(C(=O)c1ccc(NC(=O)NC2CC2)cc1)C1c2cccc(O)c2CC1C(=O)O. The number of anilines is 1. The molecule has 30 heavy (non-hydrogen) atoms. The third kappa shape index (κ3) is 3.80. The molecule has 0 aliphatic heterocycles. The van der Waals surface area contributed by atoms with Crippen LogP contribution < -0.4 is 10.6 Å². The highest BCUT2D eigenvalue weighted by Crippen LogP contribution is 2.43. The molecule has 8 nitrogen and oxygen atoms in total. The molecule has 1 fully saturated rings. The van der Waals surface area contributed by atoms with E-state index in [0.717, 1.165) is 12.8 Å². The highest BCUT2D eigenvalue weighted by atomic mass is 16.4. The highest BCUT2D eigenvalue weighted by Gasteiger charge is 2.42. The number of aliphatic carboxylic acids is 1. The van der Waals surface area contributed by atoms with Crippen LogP contribution in [0.5, 0.6) is 5.75 Å². The summed E-state index contributed by atoms with van der Waals surface area (Å²) in [5, 5.41) is 25.3. The van der Waals surface area contributed by atoms with E-state index >= 15 is 0 Å². The molecule has 156 valence electrons. The van der Waals surface area contributed by atoms with Gasteiger partial charge in [0.05, 0.1) is 12.0 Å². The van der Waals surface area contributed by atoms with Crippen LogP contribution in [0, 0.1) is 5.92 Å². The number of hydrogen-bond donors (Lipinski definition) is 4. The summed E-state index contributed by atoms with van der Waals surface area (Å²) in [7, 11) is 1.57. The molecule has 2 atom stereocenters. The summed E-state index contributed by atoms with van der Waals surface area (Å²) in [6, 6.07) is 10.7. The maximum absolute atomic E-state index is 13.1. The maximum Gasteiger partial charge on any atom is 0.319 e. The van der Waals surface area contributed by atoms with Crippen LogP contribution in [0.25, 0.3) is 0 Å². The Kier molecular flexibility index (Phi) is 5.07. The van der Waals surface area contributed by atoms with Crippen molar-refractivity contribution in [2.45, 2.75) is 31.3 Å². The van der Waals surface area contributed by atoms with E-state index in [1.54, 1.807) is 43.4 Å². The topological polar surface area (TPSA) is 119 Å². The Labute approximate surface area is 173 Å². The molecule has 0 spiro atoms. The lowest BCUT2D eigenvalue weighted by atomic mass is 9.98. The number of carboxylic acids is 1. The van der Waals surface area contributed by atoms with Crippen LogP contribution >= 0.6 is 0 Å². The first-order valence-corrected chi connectivity index (χ1v) is 9.83. The van der Waals surface area contributed by atoms with Crippen LogP contribution in [-0.4, -0.2) is 46.1 Å². The van der Waals surface area contributed by atoms with E-state index in [2.05, 4.69) is 10.6 Å². The summed E-state index contributed by atoms with van der Waals surface area (Å²) in [4.78, 5) is 38.1. The van der Waals surface area contributed by atoms with Gasteiger partial charge in [0.1, 0.15) is 5.75 Å². The average molecular weight is 409 g/mol. The second-order valence-electron chi connectivity index (χ2n) is 7.80. The first kappa shape index (κ1) is 19.8. The monoisotopic (exact) mass is 409 g/mol. The van der Waals surface area contributed by atoms with Gasteiger partial charge in [0, 0.05) is 29.9 Å². The lowest BCUT2D eigenvalue weighted by molar-refractivity contribution is -0.143. The smallest absolute Gasteiger partial charge is 0.319 e. The number of carbonyl (C=O) groups is 3. The lowest BCUT2D eigenvalue weighted by Gasteiger charge is -2.29. The molecule has 2 aromatic rings. The van der Waals surface area contributed by atoms with Gasteiger partial charge in [-0.05, 0) is 55.2 Å². The number of carboxylic acid groups (broad SMARTS) is 1. The molecular formula is C22H23N3O5. The van der Waals surface area contributed by atoms with E-state index in [0.29, 0.717) is 22.4 Å². The van der Waals surface area contributed by atoms with Gasteiger partial charge in [-0.25, -0.2) is 4.79 Å². The molecule has 0 radical (unpaired) electrons. The van der Waals surface area contributed by atoms with Gasteiger partial charge in [0.2, 0.25) is 0 Å². The minimum absolute atomic E-state index is 0.0435. The Morgan fingerprint density at radius 1 is 1.07 bits per heavy atom. The number of phenols is 1. The summed E-state index contributed by atoms with van der Waals surface area (Å²) in [5.41, 5.74) is 2.15. The summed E-state index contributed by atoms with van der Waals surface area (Å²) >= 11 is 0. The van der Waals surface area contributed by atoms with E-state index < -0.39 is 17.9 Å². The molecule has 3 amide bonds. The van der Waals surface area contributed by atoms with Crippen molar-refractivity contribution in [1.82, 2.24) is 10.2 Å². The average Bonchev–Trinajstić information content (AvgIpc) is 3.43. The number of phenolic OH excluding ortho intramolecular Hbond substituents is 1. The lowest BCUT2D eigenvalue weighted by Crippen LogP contribution is -2.36. The van der Waals surface area contributed by atoms with Crippen LogP contribution in [0.4, 0.5) is 10.5 Å². The van der Waals surface area contributed by atoms with Crippen molar-refractivity contribution in [2.75, 3.05) is 12.4 Å². The van der Waals surface area contributed by atoms with Crippen molar-refractivity contribution in [2.24, 2.45) is 5.92 Å². The van der Waals surface area contributed by atoms with Crippen molar-refractivity contribution < 1.29 is 24.6 Å². The van der Waals surface area contributed by atoms with Gasteiger partial charge in [-0.1, -0.05) is 12.1 Å². The number of amides is 3. The Bertz CT molecular complexity index is 1000. The summed E-state index contributed by atoms with van der Waals surface area (Å²) in [6.07, 6.45) is 2.15. The number of carbonyl (C=O) groups excluding carboxylic acids is 2. The van der Waals surface area contributed by atoms with Gasteiger partial charge in [0.15, 0.2) is 0 Å². The number of hydrogen-bond acceptors (Lipinski definition) is 4. The number of urea groups is 1. The number of aromatic hydroxyl groups is 1. The van der Waals surface area contributed by atoms with Crippen molar-refractivity contribution in [3.63, 3.8) is 0 Å². The Morgan fingerprint density at radius 3 is 2.40 bits per heavy atom. The third-order valence-corrected chi connectivity index (χ3v) is 5.67. The zero-order valence-corrected chi connectivity index (χ0v) is 16.5. The molecule has 2 aliphatic rings. The van der Waals surface area contributed by atoms with Crippen molar-refractivity contribution in [3.05, 3.63) is 59.2 Å². The minimum atomic E-state index is -1.02. The Balaban J connectivity index is 1.51. The summed E-state index contributed by atoms with van der Waals surface area (Å²) in [6.45, 7) is 0. The predicted molar refractivity (Wildman–Crippen MR) is 109 cm³/mol. The summed E-state index contributed by atoms with van der Waals surface area (Å²) < 4.78 is 0. The summed E-state index contributed by atoms with van der Waals surface area (Å²) in [5.74, 6) is -2.15. The van der Waals surface area contributed by atoms with Crippen molar-refractivity contribution in [3.8, 4) is 5.75 Å². The molecule has 0 saturated heterocycles. The van der Waals surface area contributed by atoms with Crippen LogP contribution in [0.3, 0.4) is 0 Å². The van der Waals surface area contributed by atoms with E-state index in [1.807, 2.05) is 0 Å². The fourth-order valence-electron chi connectivity index (χ4n) is 3.95. The third-order valence-electron chi connectivity index (χ3n) is 5.67. The molecule has 4 rings (SSSR count). The van der Waals surface area contributed by atoms with Crippen LogP contribution in [0.15, 0.2) is 42.5 Å². The van der Waals surface area contributed by atoms with E-state index in [4.69, 9.17) is 0 Å². The number of nitrogens with zero attached hydrogens (tertiary/aromatic N) is 1. The molecule has 0 heterocycles. The highest BCUT2D eigenvalue weighted by molar-refractivity contribution is 5.96. The zero-order chi connectivity index (χ0) is 21.4. The van der Waals surface area contributed by atoms with E-state index in [1.165, 1.54) is 11.0 Å². The predicted octanol–water partition coefficient (Wildman–Crippen LogP) is 2.75. The van der Waals surface area contributed by atoms with Crippen LogP contribution in [0.1, 0.15) is 40.4 Å². The van der Waals surface area contributed by atoms with E-state index in [9.17, 15) is 24.6 Å². The van der Waals surface area contributed by atoms with Crippen molar-refractivity contribution in [1.29, 1.82) is 0 Å². The minimum Gasteiger partial charge on any atom is -0.508 e. The first-order chi connectivity index (χ1) is 14.3. The fraction of sp³-hybridized carbons (Fsp3) is 0.318. The second-order valence-corrected chi connectivity index (χ2v) is 7.80. The number of nitrogens with one attached hydrogen (secondary N) is 2. The Hall–Kier alpha value is -3.55. The van der Waals surface area contributed by atoms with Gasteiger partial charge in [-0.3, -0.25) is 9.59 Å². The molecule has 2 aromatic carbocycles. The largest absolute Gasteiger partial charge is 0.508 e. The zero-order valence-electron chi connectivity index (χ0n) is 16.5.